The number of carboxylic acid groups (broad SMARTS) is 1. The van der Waals surface area contributed by atoms with Gasteiger partial charge in [0.15, 0.2) is 0 Å². The van der Waals surface area contributed by atoms with Crippen LogP contribution in [0.15, 0.2) is 17.5 Å². The Balaban J connectivity index is 1.95. The number of nitrogens with one attached hydrogen (secondary N) is 1. The second kappa shape index (κ2) is 6.90. The quantitative estimate of drug-likeness (QED) is 0.619. The first-order valence-corrected chi connectivity index (χ1v) is 6.93. The van der Waals surface area contributed by atoms with Gasteiger partial charge in [-0.3, -0.25) is 4.79 Å². The molecule has 0 saturated heterocycles. The first kappa shape index (κ1) is 15.1. The Morgan fingerprint density at radius 2 is 2.29 bits per heavy atom. The number of aliphatic hydroxyl groups excluding tert-OH is 1. The molecule has 10 heteroatoms. The van der Waals surface area contributed by atoms with E-state index in [0.29, 0.717) is 5.82 Å². The van der Waals surface area contributed by atoms with Crippen LogP contribution in [0, 0.1) is 0 Å². The topological polar surface area (TPSA) is 130 Å². The zero-order chi connectivity index (χ0) is 15.2. The SMILES string of the molecule is O=C(Cn1nnc(-c2cccs2)n1)N[C@@H](CCO)C(=O)O. The lowest BCUT2D eigenvalue weighted by atomic mass is 10.2. The molecule has 21 heavy (non-hydrogen) atoms. The molecule has 0 aliphatic heterocycles. The molecule has 0 aliphatic rings. The Morgan fingerprint density at radius 1 is 1.48 bits per heavy atom. The van der Waals surface area contributed by atoms with Gasteiger partial charge in [-0.15, -0.1) is 21.5 Å². The summed E-state index contributed by atoms with van der Waals surface area (Å²) in [5.41, 5.74) is 0. The van der Waals surface area contributed by atoms with Gasteiger partial charge in [-0.2, -0.15) is 4.80 Å². The van der Waals surface area contributed by atoms with Crippen LogP contribution in [0.2, 0.25) is 0 Å². The van der Waals surface area contributed by atoms with E-state index < -0.39 is 17.9 Å². The number of aromatic nitrogens is 4. The number of amides is 1. The number of hydrogen-bond donors (Lipinski definition) is 3. The van der Waals surface area contributed by atoms with Crippen LogP contribution in [0.4, 0.5) is 0 Å². The van der Waals surface area contributed by atoms with Crippen molar-refractivity contribution in [1.29, 1.82) is 0 Å². The molecule has 0 spiro atoms. The zero-order valence-corrected chi connectivity index (χ0v) is 11.7. The number of tetrazole rings is 1. The number of thiophene rings is 1. The zero-order valence-electron chi connectivity index (χ0n) is 10.8. The van der Waals surface area contributed by atoms with Crippen molar-refractivity contribution in [2.45, 2.75) is 19.0 Å². The van der Waals surface area contributed by atoms with E-state index in [1.165, 1.54) is 11.3 Å². The number of hydrogen-bond acceptors (Lipinski definition) is 7. The third-order valence-electron chi connectivity index (χ3n) is 2.53. The van der Waals surface area contributed by atoms with Crippen molar-refractivity contribution >= 4 is 23.2 Å². The molecule has 0 aliphatic carbocycles. The number of nitrogens with zero attached hydrogens (tertiary/aromatic N) is 4. The number of rotatable bonds is 7. The maximum Gasteiger partial charge on any atom is 0.326 e. The van der Waals surface area contributed by atoms with E-state index in [2.05, 4.69) is 20.7 Å². The summed E-state index contributed by atoms with van der Waals surface area (Å²) < 4.78 is 0. The first-order chi connectivity index (χ1) is 10.1. The minimum absolute atomic E-state index is 0.0632. The molecule has 9 nitrogen and oxygen atoms in total. The highest BCUT2D eigenvalue weighted by Gasteiger charge is 2.20. The van der Waals surface area contributed by atoms with E-state index in [-0.39, 0.29) is 19.6 Å². The van der Waals surface area contributed by atoms with Gasteiger partial charge in [0.25, 0.3) is 0 Å². The lowest BCUT2D eigenvalue weighted by Crippen LogP contribution is -2.43. The lowest BCUT2D eigenvalue weighted by molar-refractivity contribution is -0.142. The molecular formula is C11H13N5O4S. The second-order valence-corrected chi connectivity index (χ2v) is 5.04. The molecule has 1 amide bonds. The van der Waals surface area contributed by atoms with Crippen LogP contribution in [0.5, 0.6) is 0 Å². The molecule has 0 fully saturated rings. The van der Waals surface area contributed by atoms with Gasteiger partial charge in [0.2, 0.25) is 11.7 Å². The van der Waals surface area contributed by atoms with Gasteiger partial charge in [-0.05, 0) is 16.7 Å². The molecular weight excluding hydrogens is 298 g/mol. The summed E-state index contributed by atoms with van der Waals surface area (Å²) in [4.78, 5) is 24.5. The summed E-state index contributed by atoms with van der Waals surface area (Å²) >= 11 is 1.45. The third-order valence-corrected chi connectivity index (χ3v) is 3.40. The molecule has 112 valence electrons. The van der Waals surface area contributed by atoms with E-state index >= 15 is 0 Å². The minimum atomic E-state index is -1.21. The number of carbonyl (C=O) groups is 2. The van der Waals surface area contributed by atoms with Gasteiger partial charge < -0.3 is 15.5 Å². The van der Waals surface area contributed by atoms with Gasteiger partial charge >= 0.3 is 5.97 Å². The van der Waals surface area contributed by atoms with Crippen LogP contribution < -0.4 is 5.32 Å². The highest BCUT2D eigenvalue weighted by atomic mass is 32.1. The standard InChI is InChI=1S/C11H13N5O4S/c17-4-3-7(11(19)20)12-9(18)6-16-14-10(13-15-16)8-2-1-5-21-8/h1-2,5,7,17H,3-4,6H2,(H,12,18)(H,19,20)/t7-/m0/s1. The molecule has 2 heterocycles. The molecule has 0 radical (unpaired) electrons. The Bertz CT molecular complexity index is 612. The summed E-state index contributed by atoms with van der Waals surface area (Å²) in [5.74, 6) is -1.36. The molecule has 0 bridgehead atoms. The number of aliphatic carboxylic acids is 1. The average Bonchev–Trinajstić information content (AvgIpc) is 3.08. The van der Waals surface area contributed by atoms with Crippen molar-refractivity contribution in [3.8, 4) is 10.7 Å². The molecule has 0 unspecified atom stereocenters. The molecule has 0 saturated carbocycles. The Labute approximate surface area is 123 Å². The second-order valence-electron chi connectivity index (χ2n) is 4.09. The molecule has 2 aromatic rings. The monoisotopic (exact) mass is 311 g/mol. The Morgan fingerprint density at radius 3 is 2.90 bits per heavy atom. The maximum atomic E-state index is 11.7. The largest absolute Gasteiger partial charge is 0.480 e. The maximum absolute atomic E-state index is 11.7. The van der Waals surface area contributed by atoms with Crippen molar-refractivity contribution < 1.29 is 19.8 Å². The summed E-state index contributed by atoms with van der Waals surface area (Å²) in [5, 5.41) is 33.4. The van der Waals surface area contributed by atoms with Crippen LogP contribution in [-0.4, -0.2) is 54.9 Å². The van der Waals surface area contributed by atoms with Gasteiger partial charge in [-0.1, -0.05) is 6.07 Å². The highest BCUT2D eigenvalue weighted by Crippen LogP contribution is 2.19. The van der Waals surface area contributed by atoms with Crippen LogP contribution in [0.25, 0.3) is 10.7 Å². The molecule has 0 aromatic carbocycles. The minimum Gasteiger partial charge on any atom is -0.480 e. The smallest absolute Gasteiger partial charge is 0.326 e. The summed E-state index contributed by atoms with van der Waals surface area (Å²) in [6.45, 7) is -0.574. The van der Waals surface area contributed by atoms with E-state index in [4.69, 9.17) is 10.2 Å². The Kier molecular flexibility index (Phi) is 4.95. The van der Waals surface area contributed by atoms with Crippen molar-refractivity contribution in [2.24, 2.45) is 0 Å². The molecule has 3 N–H and O–H groups in total. The van der Waals surface area contributed by atoms with E-state index in [1.807, 2.05) is 17.5 Å². The van der Waals surface area contributed by atoms with E-state index in [1.54, 1.807) is 0 Å². The van der Waals surface area contributed by atoms with Crippen LogP contribution >= 0.6 is 11.3 Å². The van der Waals surface area contributed by atoms with Gasteiger partial charge in [0.05, 0.1) is 4.88 Å². The third kappa shape index (κ3) is 4.07. The summed E-state index contributed by atoms with van der Waals surface area (Å²) in [6.07, 6.45) is -0.0632. The fourth-order valence-electron chi connectivity index (χ4n) is 1.57. The summed E-state index contributed by atoms with van der Waals surface area (Å²) in [7, 11) is 0. The molecule has 1 atom stereocenters. The summed E-state index contributed by atoms with van der Waals surface area (Å²) in [6, 6.07) is 2.54. The lowest BCUT2D eigenvalue weighted by Gasteiger charge is -2.12. The number of aliphatic hydroxyl groups is 1. The van der Waals surface area contributed by atoms with E-state index in [0.717, 1.165) is 9.67 Å². The van der Waals surface area contributed by atoms with Crippen molar-refractivity contribution in [3.63, 3.8) is 0 Å². The molecule has 2 rings (SSSR count). The average molecular weight is 311 g/mol. The van der Waals surface area contributed by atoms with Gasteiger partial charge in [-0.25, -0.2) is 4.79 Å². The number of carbonyl (C=O) groups excluding carboxylic acids is 1. The van der Waals surface area contributed by atoms with Crippen molar-refractivity contribution in [3.05, 3.63) is 17.5 Å². The fraction of sp³-hybridized carbons (Fsp3) is 0.364. The van der Waals surface area contributed by atoms with Crippen molar-refractivity contribution in [2.75, 3.05) is 6.61 Å². The predicted octanol–water partition coefficient (Wildman–Crippen LogP) is -0.647. The normalized spacial score (nSPS) is 12.0. The van der Waals surface area contributed by atoms with Crippen LogP contribution in [0.3, 0.4) is 0 Å². The first-order valence-electron chi connectivity index (χ1n) is 6.05. The van der Waals surface area contributed by atoms with E-state index in [9.17, 15) is 9.59 Å². The number of carboxylic acids is 1. The van der Waals surface area contributed by atoms with Crippen molar-refractivity contribution in [1.82, 2.24) is 25.5 Å². The Hall–Kier alpha value is -2.33. The fourth-order valence-corrected chi connectivity index (χ4v) is 2.22. The van der Waals surface area contributed by atoms with Gasteiger partial charge in [0.1, 0.15) is 12.6 Å². The van der Waals surface area contributed by atoms with Gasteiger partial charge in [0, 0.05) is 13.0 Å². The predicted molar refractivity (Wildman–Crippen MR) is 72.4 cm³/mol. The molecule has 2 aromatic heterocycles. The van der Waals surface area contributed by atoms with Crippen LogP contribution in [-0.2, 0) is 16.1 Å². The van der Waals surface area contributed by atoms with Crippen LogP contribution in [0.1, 0.15) is 6.42 Å². The highest BCUT2D eigenvalue weighted by molar-refractivity contribution is 7.13.